The van der Waals surface area contributed by atoms with Crippen LogP contribution < -0.4 is 11.1 Å². The van der Waals surface area contributed by atoms with Gasteiger partial charge in [0.2, 0.25) is 5.91 Å². The Hall–Kier alpha value is -0.870. The Labute approximate surface area is 119 Å². The van der Waals surface area contributed by atoms with Crippen molar-refractivity contribution in [1.82, 2.24) is 5.32 Å². The molecular weight excluding hydrogens is 256 g/mol. The van der Waals surface area contributed by atoms with E-state index in [4.69, 9.17) is 5.73 Å². The predicted octanol–water partition coefficient (Wildman–Crippen LogP) is 3.22. The van der Waals surface area contributed by atoms with Gasteiger partial charge in [-0.25, -0.2) is 0 Å². The molecule has 4 heteroatoms. The Morgan fingerprint density at radius 3 is 2.79 bits per heavy atom. The van der Waals surface area contributed by atoms with E-state index in [0.29, 0.717) is 13.0 Å². The molecule has 3 N–H and O–H groups in total. The van der Waals surface area contributed by atoms with E-state index in [9.17, 15) is 4.79 Å². The molecule has 1 aromatic heterocycles. The van der Waals surface area contributed by atoms with E-state index < -0.39 is 0 Å². The maximum atomic E-state index is 12.2. The van der Waals surface area contributed by atoms with Gasteiger partial charge >= 0.3 is 0 Å². The van der Waals surface area contributed by atoms with Crippen LogP contribution in [-0.4, -0.2) is 12.5 Å². The van der Waals surface area contributed by atoms with Crippen LogP contribution in [0.15, 0.2) is 17.5 Å². The third-order valence-electron chi connectivity index (χ3n) is 4.23. The molecule has 1 aliphatic rings. The van der Waals surface area contributed by atoms with Crippen LogP contribution in [-0.2, 0) is 4.79 Å². The van der Waals surface area contributed by atoms with E-state index >= 15 is 0 Å². The van der Waals surface area contributed by atoms with Gasteiger partial charge in [-0.05, 0) is 43.2 Å². The first-order chi connectivity index (χ1) is 9.15. The van der Waals surface area contributed by atoms with Gasteiger partial charge < -0.3 is 11.1 Å². The Bertz CT molecular complexity index is 396. The Kier molecular flexibility index (Phi) is 4.99. The van der Waals surface area contributed by atoms with Gasteiger partial charge in [0.15, 0.2) is 0 Å². The molecule has 0 radical (unpaired) electrons. The summed E-state index contributed by atoms with van der Waals surface area (Å²) in [5.41, 5.74) is 5.99. The Morgan fingerprint density at radius 2 is 2.21 bits per heavy atom. The molecule has 0 aliphatic heterocycles. The summed E-state index contributed by atoms with van der Waals surface area (Å²) in [5.74, 6) is 0.147. The topological polar surface area (TPSA) is 55.1 Å². The first-order valence-corrected chi connectivity index (χ1v) is 8.06. The molecule has 1 heterocycles. The third kappa shape index (κ3) is 3.80. The molecule has 0 saturated heterocycles. The number of hydrogen-bond acceptors (Lipinski definition) is 3. The van der Waals surface area contributed by atoms with Crippen LogP contribution >= 0.6 is 11.3 Å². The van der Waals surface area contributed by atoms with Crippen molar-refractivity contribution in [1.29, 1.82) is 0 Å². The van der Waals surface area contributed by atoms with Crippen LogP contribution in [0.2, 0.25) is 0 Å². The molecule has 1 atom stereocenters. The van der Waals surface area contributed by atoms with Crippen LogP contribution in [0.3, 0.4) is 0 Å². The van der Waals surface area contributed by atoms with Gasteiger partial charge in [0.1, 0.15) is 0 Å². The summed E-state index contributed by atoms with van der Waals surface area (Å²) in [6.07, 6.45) is 6.50. The number of rotatable bonds is 5. The summed E-state index contributed by atoms with van der Waals surface area (Å²) < 4.78 is 0. The molecule has 3 nitrogen and oxygen atoms in total. The van der Waals surface area contributed by atoms with Crippen molar-refractivity contribution in [3.05, 3.63) is 22.4 Å². The molecule has 19 heavy (non-hydrogen) atoms. The Morgan fingerprint density at radius 1 is 1.47 bits per heavy atom. The molecule has 0 bridgehead atoms. The van der Waals surface area contributed by atoms with E-state index in [1.165, 1.54) is 24.1 Å². The quantitative estimate of drug-likeness (QED) is 0.870. The molecule has 0 aromatic carbocycles. The number of thiophene rings is 1. The summed E-state index contributed by atoms with van der Waals surface area (Å²) in [6.45, 7) is 2.67. The maximum Gasteiger partial charge on any atom is 0.221 e. The van der Waals surface area contributed by atoms with Crippen molar-refractivity contribution >= 4 is 17.2 Å². The van der Waals surface area contributed by atoms with Gasteiger partial charge in [0.05, 0.1) is 6.04 Å². The normalized spacial score (nSPS) is 19.9. The second-order valence-electron chi connectivity index (χ2n) is 5.75. The van der Waals surface area contributed by atoms with Crippen molar-refractivity contribution in [2.75, 3.05) is 6.54 Å². The van der Waals surface area contributed by atoms with Gasteiger partial charge in [0, 0.05) is 11.3 Å². The zero-order valence-corrected chi connectivity index (χ0v) is 12.5. The van der Waals surface area contributed by atoms with Crippen molar-refractivity contribution < 1.29 is 4.79 Å². The van der Waals surface area contributed by atoms with Crippen molar-refractivity contribution in [3.8, 4) is 0 Å². The van der Waals surface area contributed by atoms with Crippen LogP contribution in [0.1, 0.15) is 56.4 Å². The lowest BCUT2D eigenvalue weighted by atomic mass is 9.71. The first kappa shape index (κ1) is 14.5. The van der Waals surface area contributed by atoms with E-state index in [1.807, 2.05) is 18.4 Å². The van der Waals surface area contributed by atoms with Crippen LogP contribution in [0.25, 0.3) is 0 Å². The minimum absolute atomic E-state index is 0.0531. The van der Waals surface area contributed by atoms with Crippen LogP contribution in [0, 0.1) is 5.41 Å². The molecular formula is C15H24N2OS. The summed E-state index contributed by atoms with van der Waals surface area (Å²) in [4.78, 5) is 13.4. The summed E-state index contributed by atoms with van der Waals surface area (Å²) in [7, 11) is 0. The zero-order chi connectivity index (χ0) is 13.7. The van der Waals surface area contributed by atoms with E-state index in [-0.39, 0.29) is 17.4 Å². The summed E-state index contributed by atoms with van der Waals surface area (Å²) in [6, 6.07) is 4.19. The number of amides is 1. The molecule has 1 saturated carbocycles. The Balaban J connectivity index is 1.89. The van der Waals surface area contributed by atoms with E-state index in [0.717, 1.165) is 12.8 Å². The lowest BCUT2D eigenvalue weighted by molar-refractivity contribution is -0.124. The fourth-order valence-electron chi connectivity index (χ4n) is 3.00. The summed E-state index contributed by atoms with van der Waals surface area (Å²) >= 11 is 1.68. The second-order valence-corrected chi connectivity index (χ2v) is 6.73. The molecule has 2 rings (SSSR count). The van der Waals surface area contributed by atoms with Gasteiger partial charge in [-0.3, -0.25) is 4.79 Å². The predicted molar refractivity (Wildman–Crippen MR) is 80.1 cm³/mol. The highest BCUT2D eigenvalue weighted by Crippen LogP contribution is 2.38. The molecule has 1 aromatic rings. The van der Waals surface area contributed by atoms with E-state index in [2.05, 4.69) is 11.4 Å². The minimum Gasteiger partial charge on any atom is -0.349 e. The first-order valence-electron chi connectivity index (χ1n) is 7.18. The van der Waals surface area contributed by atoms with Gasteiger partial charge in [-0.15, -0.1) is 11.3 Å². The highest BCUT2D eigenvalue weighted by molar-refractivity contribution is 7.10. The lowest BCUT2D eigenvalue weighted by Gasteiger charge is -2.35. The molecule has 1 fully saturated rings. The van der Waals surface area contributed by atoms with Gasteiger partial charge in [-0.2, -0.15) is 0 Å². The van der Waals surface area contributed by atoms with Crippen LogP contribution in [0.5, 0.6) is 0 Å². The monoisotopic (exact) mass is 280 g/mol. The van der Waals surface area contributed by atoms with Crippen molar-refractivity contribution in [2.45, 2.75) is 51.5 Å². The van der Waals surface area contributed by atoms with Crippen molar-refractivity contribution in [3.63, 3.8) is 0 Å². The second kappa shape index (κ2) is 6.53. The molecule has 1 aliphatic carbocycles. The lowest BCUT2D eigenvalue weighted by Crippen LogP contribution is -2.39. The third-order valence-corrected chi connectivity index (χ3v) is 5.29. The number of hydrogen-bond donors (Lipinski definition) is 2. The van der Waals surface area contributed by atoms with Crippen LogP contribution in [0.4, 0.5) is 0 Å². The number of nitrogens with one attached hydrogen (secondary N) is 1. The SMILES string of the molecule is CC(NC(=O)CC1(CN)CCCCC1)c1cccs1. The molecule has 1 amide bonds. The number of nitrogens with two attached hydrogens (primary N) is 1. The van der Waals surface area contributed by atoms with E-state index in [1.54, 1.807) is 11.3 Å². The fourth-order valence-corrected chi connectivity index (χ4v) is 3.73. The fraction of sp³-hybridized carbons (Fsp3) is 0.667. The standard InChI is InChI=1S/C15H24N2OS/c1-12(13-6-5-9-19-13)17-14(18)10-15(11-16)7-3-2-4-8-15/h5-6,9,12H,2-4,7-8,10-11,16H2,1H3,(H,17,18). The maximum absolute atomic E-state index is 12.2. The average molecular weight is 280 g/mol. The summed E-state index contributed by atoms with van der Waals surface area (Å²) in [5, 5.41) is 5.15. The number of carbonyl (C=O) groups is 1. The van der Waals surface area contributed by atoms with Crippen molar-refractivity contribution in [2.24, 2.45) is 11.1 Å². The zero-order valence-electron chi connectivity index (χ0n) is 11.7. The molecule has 0 spiro atoms. The highest BCUT2D eigenvalue weighted by Gasteiger charge is 2.33. The largest absolute Gasteiger partial charge is 0.349 e. The average Bonchev–Trinajstić information content (AvgIpc) is 2.93. The smallest absolute Gasteiger partial charge is 0.221 e. The highest BCUT2D eigenvalue weighted by atomic mass is 32.1. The minimum atomic E-state index is 0.0531. The van der Waals surface area contributed by atoms with Gasteiger partial charge in [-0.1, -0.05) is 25.3 Å². The van der Waals surface area contributed by atoms with Gasteiger partial charge in [0.25, 0.3) is 0 Å². The molecule has 1 unspecified atom stereocenters. The molecule has 106 valence electrons. The number of carbonyl (C=O) groups excluding carboxylic acids is 1.